The minimum absolute atomic E-state index is 0.316. The van der Waals surface area contributed by atoms with E-state index in [1.54, 1.807) is 0 Å². The summed E-state index contributed by atoms with van der Waals surface area (Å²) >= 11 is 0. The number of nitrogens with zero attached hydrogens (tertiary/aromatic N) is 1. The Morgan fingerprint density at radius 1 is 1.43 bits per heavy atom. The average Bonchev–Trinajstić information content (AvgIpc) is 2.18. The molecule has 2 atom stereocenters. The average molecular weight is 200 g/mol. The monoisotopic (exact) mass is 200 g/mol. The van der Waals surface area contributed by atoms with E-state index >= 15 is 0 Å². The van der Waals surface area contributed by atoms with Crippen LogP contribution in [0.4, 0.5) is 0 Å². The molecule has 2 unspecified atom stereocenters. The quantitative estimate of drug-likeness (QED) is 0.646. The van der Waals surface area contributed by atoms with Crippen LogP contribution in [0.1, 0.15) is 32.6 Å². The Kier molecular flexibility index (Phi) is 5.45. The summed E-state index contributed by atoms with van der Waals surface area (Å²) in [5, 5.41) is 8.73. The van der Waals surface area contributed by atoms with E-state index in [0.29, 0.717) is 12.6 Å². The van der Waals surface area contributed by atoms with Crippen LogP contribution >= 0.6 is 0 Å². The van der Waals surface area contributed by atoms with Crippen molar-refractivity contribution in [3.63, 3.8) is 0 Å². The SMILES string of the molecule is CC1CCCN(CCCCO)C1CN. The first-order valence-corrected chi connectivity index (χ1v) is 5.84. The predicted octanol–water partition coefficient (Wildman–Crippen LogP) is 0.818. The molecule has 0 aromatic heterocycles. The summed E-state index contributed by atoms with van der Waals surface area (Å²) in [5.74, 6) is 0.739. The maximum atomic E-state index is 8.73. The van der Waals surface area contributed by atoms with Crippen LogP contribution < -0.4 is 5.73 Å². The van der Waals surface area contributed by atoms with Gasteiger partial charge < -0.3 is 10.8 Å². The third kappa shape index (κ3) is 3.23. The molecule has 3 N–H and O–H groups in total. The fraction of sp³-hybridized carbons (Fsp3) is 1.00. The molecule has 0 spiro atoms. The summed E-state index contributed by atoms with van der Waals surface area (Å²) < 4.78 is 0. The molecule has 14 heavy (non-hydrogen) atoms. The van der Waals surface area contributed by atoms with Gasteiger partial charge in [0.15, 0.2) is 0 Å². The highest BCUT2D eigenvalue weighted by atomic mass is 16.2. The van der Waals surface area contributed by atoms with E-state index in [-0.39, 0.29) is 0 Å². The zero-order valence-corrected chi connectivity index (χ0v) is 9.28. The van der Waals surface area contributed by atoms with Crippen LogP contribution in [0.15, 0.2) is 0 Å². The zero-order valence-electron chi connectivity index (χ0n) is 9.28. The number of hydrogen-bond acceptors (Lipinski definition) is 3. The predicted molar refractivity (Wildman–Crippen MR) is 59.1 cm³/mol. The van der Waals surface area contributed by atoms with E-state index < -0.39 is 0 Å². The number of unbranched alkanes of at least 4 members (excludes halogenated alkanes) is 1. The van der Waals surface area contributed by atoms with Gasteiger partial charge in [-0.3, -0.25) is 4.90 Å². The summed E-state index contributed by atoms with van der Waals surface area (Å²) in [6.45, 7) is 5.69. The molecule has 1 aliphatic heterocycles. The summed E-state index contributed by atoms with van der Waals surface area (Å²) in [7, 11) is 0. The minimum Gasteiger partial charge on any atom is -0.396 e. The van der Waals surface area contributed by atoms with Crippen LogP contribution in [0, 0.1) is 5.92 Å². The van der Waals surface area contributed by atoms with Gasteiger partial charge in [-0.15, -0.1) is 0 Å². The first-order chi connectivity index (χ1) is 6.79. The molecule has 0 saturated carbocycles. The van der Waals surface area contributed by atoms with E-state index in [1.165, 1.54) is 19.4 Å². The topological polar surface area (TPSA) is 49.5 Å². The van der Waals surface area contributed by atoms with Gasteiger partial charge in [0.2, 0.25) is 0 Å². The highest BCUT2D eigenvalue weighted by molar-refractivity contribution is 4.82. The third-order valence-corrected chi connectivity index (χ3v) is 3.33. The van der Waals surface area contributed by atoms with Gasteiger partial charge in [-0.2, -0.15) is 0 Å². The number of hydrogen-bond donors (Lipinski definition) is 2. The normalized spacial score (nSPS) is 29.4. The molecule has 0 bridgehead atoms. The zero-order chi connectivity index (χ0) is 10.4. The first-order valence-electron chi connectivity index (χ1n) is 5.84. The highest BCUT2D eigenvalue weighted by Crippen LogP contribution is 2.22. The van der Waals surface area contributed by atoms with Crippen LogP contribution in [0.25, 0.3) is 0 Å². The van der Waals surface area contributed by atoms with E-state index in [0.717, 1.165) is 31.8 Å². The Hall–Kier alpha value is -0.120. The largest absolute Gasteiger partial charge is 0.396 e. The highest BCUT2D eigenvalue weighted by Gasteiger charge is 2.26. The van der Waals surface area contributed by atoms with Crippen molar-refractivity contribution in [2.45, 2.75) is 38.6 Å². The fourth-order valence-corrected chi connectivity index (χ4v) is 2.42. The molecule has 0 aliphatic carbocycles. The van der Waals surface area contributed by atoms with Crippen molar-refractivity contribution in [3.05, 3.63) is 0 Å². The van der Waals surface area contributed by atoms with Crippen molar-refractivity contribution in [2.24, 2.45) is 11.7 Å². The molecule has 0 aromatic rings. The molecule has 0 amide bonds. The number of likely N-dealkylation sites (tertiary alicyclic amines) is 1. The van der Waals surface area contributed by atoms with Gasteiger partial charge in [0.05, 0.1) is 0 Å². The van der Waals surface area contributed by atoms with E-state index in [2.05, 4.69) is 11.8 Å². The molecule has 1 heterocycles. The first kappa shape index (κ1) is 12.0. The molecule has 3 heteroatoms. The second-order valence-corrected chi connectivity index (χ2v) is 4.39. The van der Waals surface area contributed by atoms with Gasteiger partial charge in [-0.25, -0.2) is 0 Å². The smallest absolute Gasteiger partial charge is 0.0431 e. The van der Waals surface area contributed by atoms with Crippen molar-refractivity contribution in [2.75, 3.05) is 26.2 Å². The van der Waals surface area contributed by atoms with Gasteiger partial charge in [0.25, 0.3) is 0 Å². The van der Waals surface area contributed by atoms with E-state index in [9.17, 15) is 0 Å². The number of piperidine rings is 1. The molecule has 3 nitrogen and oxygen atoms in total. The van der Waals surface area contributed by atoms with Gasteiger partial charge in [-0.1, -0.05) is 6.92 Å². The van der Waals surface area contributed by atoms with E-state index in [4.69, 9.17) is 10.8 Å². The molecule has 1 rings (SSSR count). The molecular formula is C11H24N2O. The van der Waals surface area contributed by atoms with Crippen molar-refractivity contribution in [3.8, 4) is 0 Å². The molecule has 0 radical (unpaired) electrons. The Morgan fingerprint density at radius 3 is 2.86 bits per heavy atom. The summed E-state index contributed by atoms with van der Waals surface area (Å²) in [6, 6.07) is 0.572. The van der Waals surface area contributed by atoms with Gasteiger partial charge in [-0.05, 0) is 44.7 Å². The van der Waals surface area contributed by atoms with Crippen molar-refractivity contribution < 1.29 is 5.11 Å². The molecule has 84 valence electrons. The Morgan fingerprint density at radius 2 is 2.21 bits per heavy atom. The lowest BCUT2D eigenvalue weighted by atomic mass is 9.90. The van der Waals surface area contributed by atoms with Crippen molar-refractivity contribution in [1.29, 1.82) is 0 Å². The molecular weight excluding hydrogens is 176 g/mol. The van der Waals surface area contributed by atoms with Crippen molar-refractivity contribution in [1.82, 2.24) is 4.90 Å². The van der Waals surface area contributed by atoms with Gasteiger partial charge >= 0.3 is 0 Å². The van der Waals surface area contributed by atoms with Crippen LogP contribution in [0.2, 0.25) is 0 Å². The van der Waals surface area contributed by atoms with Gasteiger partial charge in [0, 0.05) is 19.2 Å². The number of aliphatic hydroxyl groups is 1. The lowest BCUT2D eigenvalue weighted by Crippen LogP contribution is -2.48. The van der Waals surface area contributed by atoms with Crippen molar-refractivity contribution >= 4 is 0 Å². The van der Waals surface area contributed by atoms with E-state index in [1.807, 2.05) is 0 Å². The third-order valence-electron chi connectivity index (χ3n) is 3.33. The molecule has 0 aromatic carbocycles. The maximum Gasteiger partial charge on any atom is 0.0431 e. The van der Waals surface area contributed by atoms with Crippen LogP contribution in [-0.2, 0) is 0 Å². The molecule has 1 aliphatic rings. The Bertz CT molecular complexity index is 152. The lowest BCUT2D eigenvalue weighted by Gasteiger charge is -2.39. The second kappa shape index (κ2) is 6.38. The second-order valence-electron chi connectivity index (χ2n) is 4.39. The summed E-state index contributed by atoms with van der Waals surface area (Å²) in [4.78, 5) is 2.50. The number of aliphatic hydroxyl groups excluding tert-OH is 1. The lowest BCUT2D eigenvalue weighted by molar-refractivity contribution is 0.102. The van der Waals surface area contributed by atoms with Gasteiger partial charge in [0.1, 0.15) is 0 Å². The number of nitrogens with two attached hydrogens (primary N) is 1. The minimum atomic E-state index is 0.316. The number of rotatable bonds is 5. The Labute approximate surface area is 87.3 Å². The summed E-state index contributed by atoms with van der Waals surface area (Å²) in [6.07, 6.45) is 4.64. The standard InChI is InChI=1S/C11H24N2O/c1-10-5-4-7-13(11(10)9-12)6-2-3-8-14/h10-11,14H,2-9,12H2,1H3. The van der Waals surface area contributed by atoms with Crippen LogP contribution in [0.5, 0.6) is 0 Å². The summed E-state index contributed by atoms with van der Waals surface area (Å²) in [5.41, 5.74) is 5.80. The van der Waals surface area contributed by atoms with Crippen LogP contribution in [-0.4, -0.2) is 42.3 Å². The Balaban J connectivity index is 2.32. The van der Waals surface area contributed by atoms with Crippen LogP contribution in [0.3, 0.4) is 0 Å². The fourth-order valence-electron chi connectivity index (χ4n) is 2.42. The molecule has 1 fully saturated rings. The maximum absolute atomic E-state index is 8.73. The molecule has 1 saturated heterocycles.